The summed E-state index contributed by atoms with van der Waals surface area (Å²) in [5, 5.41) is 25.7. The van der Waals surface area contributed by atoms with E-state index in [-0.39, 0.29) is 62.7 Å². The van der Waals surface area contributed by atoms with Gasteiger partial charge in [-0.05, 0) is 205 Å². The molecule has 8 saturated carbocycles. The second kappa shape index (κ2) is 19.3. The average molecular weight is 1040 g/mol. The molecule has 1 heterocycles. The molecule has 6 aromatic rings. The van der Waals surface area contributed by atoms with Crippen molar-refractivity contribution in [2.75, 3.05) is 0 Å². The fraction of sp³-hybridized carbons (Fsp3) is 0.448. The number of benzene rings is 5. The molecule has 8 aliphatic rings. The standard InChI is InChI=1S/C65H73NO3.2CH3.Zr/c1-39-16-18-49(19-17-39)69-38-46-26-58(52-14-10-8-12-50(52)54-28-47(62(2,3)4)30-56(60(54)67)64-32-40-20-41(33-64)22-42(21-40)34-64)66-59(27-46)53-15-11-9-13-51(53)55-29-48(63(5,6)7)31-57(61(55)68)65-35-43-23-44(36-65)25-45(24-43)37-65;;;/h8-19,26-31,40-45,67-68H,20-25,32-38H2,1-7H3;2*1H3;/q;2*-1;. The number of aromatic hydroxyl groups is 2. The number of nitrogens with zero attached hydrogens (tertiary/aromatic N) is 1. The summed E-state index contributed by atoms with van der Waals surface area (Å²) in [6, 6.07) is 39.1. The van der Waals surface area contributed by atoms with Crippen LogP contribution in [0.2, 0.25) is 0 Å². The van der Waals surface area contributed by atoms with Crippen LogP contribution in [0.1, 0.15) is 152 Å². The van der Waals surface area contributed by atoms with Crippen LogP contribution in [0, 0.1) is 57.3 Å². The first-order valence-electron chi connectivity index (χ1n) is 26.7. The molecule has 0 saturated heterocycles. The van der Waals surface area contributed by atoms with Gasteiger partial charge in [0, 0.05) is 59.6 Å². The van der Waals surface area contributed by atoms with E-state index in [0.29, 0.717) is 18.1 Å². The molecule has 4 nitrogen and oxygen atoms in total. The largest absolute Gasteiger partial charge is 0.507 e. The zero-order valence-electron chi connectivity index (χ0n) is 44.8. The van der Waals surface area contributed by atoms with Crippen LogP contribution in [0.5, 0.6) is 17.2 Å². The molecular formula is C67H79NO3Zr-2. The van der Waals surface area contributed by atoms with E-state index in [2.05, 4.69) is 146 Å². The molecule has 0 atom stereocenters. The molecule has 0 radical (unpaired) electrons. The Kier molecular flexibility index (Phi) is 14.1. The zero-order chi connectivity index (χ0) is 47.6. The molecule has 8 fully saturated rings. The molecule has 8 bridgehead atoms. The van der Waals surface area contributed by atoms with Crippen molar-refractivity contribution in [2.24, 2.45) is 35.5 Å². The first kappa shape index (κ1) is 52.4. The minimum Gasteiger partial charge on any atom is -0.507 e. The van der Waals surface area contributed by atoms with Crippen LogP contribution in [0.4, 0.5) is 0 Å². The summed E-state index contributed by atoms with van der Waals surface area (Å²) in [5.74, 6) is 6.31. The van der Waals surface area contributed by atoms with Gasteiger partial charge in [0.25, 0.3) is 0 Å². The Morgan fingerprint density at radius 1 is 0.486 bits per heavy atom. The molecule has 0 spiro atoms. The molecule has 0 aliphatic heterocycles. The Morgan fingerprint density at radius 3 is 1.18 bits per heavy atom. The summed E-state index contributed by atoms with van der Waals surface area (Å²) in [6.07, 6.45) is 15.3. The van der Waals surface area contributed by atoms with Crippen molar-refractivity contribution in [1.82, 2.24) is 4.98 Å². The quantitative estimate of drug-likeness (QED) is 0.142. The van der Waals surface area contributed by atoms with Gasteiger partial charge in [0.05, 0.1) is 11.4 Å². The predicted molar refractivity (Wildman–Crippen MR) is 295 cm³/mol. The van der Waals surface area contributed by atoms with E-state index < -0.39 is 0 Å². The van der Waals surface area contributed by atoms with Crippen LogP contribution in [0.3, 0.4) is 0 Å². The van der Waals surface area contributed by atoms with E-state index in [1.807, 2.05) is 12.1 Å². The Balaban J connectivity index is 0.00000213. The first-order valence-corrected chi connectivity index (χ1v) is 26.7. The summed E-state index contributed by atoms with van der Waals surface area (Å²) in [6.45, 7) is 16.3. The molecule has 1 aromatic heterocycles. The molecule has 8 aliphatic carbocycles. The van der Waals surface area contributed by atoms with Crippen LogP contribution >= 0.6 is 0 Å². The maximum Gasteiger partial charge on any atom is 0.127 e. The van der Waals surface area contributed by atoms with Crippen LogP contribution in [0.25, 0.3) is 44.8 Å². The van der Waals surface area contributed by atoms with Gasteiger partial charge in [-0.1, -0.05) is 120 Å². The summed E-state index contributed by atoms with van der Waals surface area (Å²) in [4.78, 5) is 5.65. The van der Waals surface area contributed by atoms with Crippen molar-refractivity contribution >= 4 is 0 Å². The number of pyridine rings is 1. The van der Waals surface area contributed by atoms with E-state index in [4.69, 9.17) is 9.72 Å². The third kappa shape index (κ3) is 9.38. The molecule has 5 heteroatoms. The third-order valence-electron chi connectivity index (χ3n) is 18.5. The van der Waals surface area contributed by atoms with Gasteiger partial charge in [-0.15, -0.1) is 0 Å². The minimum atomic E-state index is -0.109. The number of aromatic nitrogens is 1. The summed E-state index contributed by atoms with van der Waals surface area (Å²) < 4.78 is 6.56. The van der Waals surface area contributed by atoms with Gasteiger partial charge in [0.2, 0.25) is 0 Å². The normalized spacial score (nSPS) is 26.7. The second-order valence-electron chi connectivity index (χ2n) is 25.7. The molecular weight excluding hydrogens is 958 g/mol. The average Bonchev–Trinajstić information content (AvgIpc) is 3.30. The number of hydrogen-bond donors (Lipinski definition) is 2. The van der Waals surface area contributed by atoms with Gasteiger partial charge in [0.15, 0.2) is 0 Å². The summed E-state index contributed by atoms with van der Waals surface area (Å²) in [5.41, 5.74) is 14.3. The molecule has 14 rings (SSSR count). The van der Waals surface area contributed by atoms with Crippen molar-refractivity contribution in [3.8, 4) is 62.0 Å². The SMILES string of the molecule is Cc1ccc(OCc2cc(-c3ccccc3-c3cc(C(C)(C)C)cc(C45CC6CC(CC(C6)C4)C5)c3O)nc(-c3ccccc3-c3cc(C(C)(C)C)cc(C45CC6CC(CC(C6)C4)C5)c3O)c2)cc1.[CH3-].[CH3-].[Zr]. The Bertz CT molecular complexity index is 2720. The van der Waals surface area contributed by atoms with Crippen molar-refractivity contribution in [3.05, 3.63) is 157 Å². The number of aryl methyl sites for hydroxylation is 1. The van der Waals surface area contributed by atoms with E-state index in [1.165, 1.54) is 105 Å². The fourth-order valence-corrected chi connectivity index (χ4v) is 15.9. The van der Waals surface area contributed by atoms with Crippen LogP contribution in [-0.2, 0) is 54.5 Å². The molecule has 376 valence electrons. The van der Waals surface area contributed by atoms with Gasteiger partial charge < -0.3 is 29.8 Å². The van der Waals surface area contributed by atoms with Gasteiger partial charge in [0.1, 0.15) is 23.9 Å². The topological polar surface area (TPSA) is 62.6 Å². The van der Waals surface area contributed by atoms with Gasteiger partial charge in [-0.2, -0.15) is 0 Å². The minimum absolute atomic E-state index is 0. The van der Waals surface area contributed by atoms with Gasteiger partial charge >= 0.3 is 0 Å². The second-order valence-corrected chi connectivity index (χ2v) is 25.7. The maximum atomic E-state index is 12.9. The van der Waals surface area contributed by atoms with Crippen LogP contribution < -0.4 is 4.74 Å². The van der Waals surface area contributed by atoms with E-state index >= 15 is 0 Å². The van der Waals surface area contributed by atoms with Gasteiger partial charge in [-0.3, -0.25) is 0 Å². The van der Waals surface area contributed by atoms with Crippen molar-refractivity contribution in [1.29, 1.82) is 0 Å². The summed E-state index contributed by atoms with van der Waals surface area (Å²) >= 11 is 0. The molecule has 72 heavy (non-hydrogen) atoms. The van der Waals surface area contributed by atoms with Crippen molar-refractivity contribution in [3.63, 3.8) is 0 Å². The van der Waals surface area contributed by atoms with E-state index in [9.17, 15) is 10.2 Å². The molecule has 5 aromatic carbocycles. The number of phenolic OH excluding ortho intramolecular Hbond substituents is 2. The number of rotatable bonds is 9. The maximum absolute atomic E-state index is 12.9. The fourth-order valence-electron chi connectivity index (χ4n) is 15.9. The van der Waals surface area contributed by atoms with Gasteiger partial charge in [-0.25, -0.2) is 4.98 Å². The van der Waals surface area contributed by atoms with Crippen LogP contribution in [-0.4, -0.2) is 15.2 Å². The van der Waals surface area contributed by atoms with E-state index in [0.717, 1.165) is 91.6 Å². The Labute approximate surface area is 452 Å². The molecule has 0 unspecified atom stereocenters. The first-order chi connectivity index (χ1) is 33.0. The monoisotopic (exact) mass is 1040 g/mol. The number of ether oxygens (including phenoxy) is 1. The number of hydrogen-bond acceptors (Lipinski definition) is 4. The van der Waals surface area contributed by atoms with Crippen molar-refractivity contribution in [2.45, 2.75) is 154 Å². The van der Waals surface area contributed by atoms with E-state index in [1.54, 1.807) is 0 Å². The third-order valence-corrected chi connectivity index (χ3v) is 18.5. The predicted octanol–water partition coefficient (Wildman–Crippen LogP) is 17.5. The Morgan fingerprint density at radius 2 is 0.833 bits per heavy atom. The van der Waals surface area contributed by atoms with Crippen molar-refractivity contribution < 1.29 is 41.2 Å². The number of phenols is 2. The molecule has 0 amide bonds. The van der Waals surface area contributed by atoms with Crippen LogP contribution in [0.15, 0.2) is 109 Å². The Hall–Kier alpha value is -4.47. The molecule has 2 N–H and O–H groups in total. The summed E-state index contributed by atoms with van der Waals surface area (Å²) in [7, 11) is 0. The smallest absolute Gasteiger partial charge is 0.127 e. The zero-order valence-corrected chi connectivity index (χ0v) is 47.3.